The molecule has 1 aromatic rings. The minimum atomic E-state index is -3.42. The lowest BCUT2D eigenvalue weighted by atomic mass is 10.0. The largest absolute Gasteiger partial charge is 0.355 e. The molecule has 2 fully saturated rings. The van der Waals surface area contributed by atoms with Gasteiger partial charge in [0.05, 0.1) is 5.92 Å². The van der Waals surface area contributed by atoms with Crippen molar-refractivity contribution in [3.8, 4) is 0 Å². The average molecular weight is 300 g/mol. The van der Waals surface area contributed by atoms with Crippen LogP contribution in [-0.2, 0) is 21.2 Å². The van der Waals surface area contributed by atoms with Crippen molar-refractivity contribution >= 4 is 27.3 Å². The van der Waals surface area contributed by atoms with Crippen LogP contribution in [0, 0.1) is 11.8 Å². The first-order chi connectivity index (χ1) is 9.02. The van der Waals surface area contributed by atoms with Crippen molar-refractivity contribution < 1.29 is 13.2 Å². The molecule has 0 spiro atoms. The van der Waals surface area contributed by atoms with Gasteiger partial charge in [-0.1, -0.05) is 6.92 Å². The SMILES string of the molecule is CCc1ccc(S(=O)(=O)N2C[C@@H]3CNC(=O)[C@@H]3C2)s1. The van der Waals surface area contributed by atoms with Crippen molar-refractivity contribution in [1.82, 2.24) is 9.62 Å². The van der Waals surface area contributed by atoms with Gasteiger partial charge in [-0.2, -0.15) is 4.31 Å². The van der Waals surface area contributed by atoms with Crippen molar-refractivity contribution in [2.75, 3.05) is 19.6 Å². The molecule has 0 aliphatic carbocycles. The Hall–Kier alpha value is -0.920. The van der Waals surface area contributed by atoms with Gasteiger partial charge in [-0.05, 0) is 18.6 Å². The number of nitrogens with zero attached hydrogens (tertiary/aromatic N) is 1. The summed E-state index contributed by atoms with van der Waals surface area (Å²) in [5, 5.41) is 2.79. The van der Waals surface area contributed by atoms with Crippen LogP contribution >= 0.6 is 11.3 Å². The van der Waals surface area contributed by atoms with Crippen molar-refractivity contribution in [1.29, 1.82) is 0 Å². The van der Waals surface area contributed by atoms with Crippen LogP contribution in [-0.4, -0.2) is 38.3 Å². The molecule has 7 heteroatoms. The van der Waals surface area contributed by atoms with E-state index >= 15 is 0 Å². The van der Waals surface area contributed by atoms with Gasteiger partial charge < -0.3 is 5.32 Å². The number of thiophene rings is 1. The van der Waals surface area contributed by atoms with E-state index in [2.05, 4.69) is 5.32 Å². The molecule has 0 saturated carbocycles. The second-order valence-electron chi connectivity index (χ2n) is 5.01. The monoisotopic (exact) mass is 300 g/mol. The second-order valence-corrected chi connectivity index (χ2v) is 8.34. The minimum Gasteiger partial charge on any atom is -0.355 e. The Bertz CT molecular complexity index is 608. The van der Waals surface area contributed by atoms with Crippen molar-refractivity contribution in [3.63, 3.8) is 0 Å². The second kappa shape index (κ2) is 4.57. The summed E-state index contributed by atoms with van der Waals surface area (Å²) in [5.41, 5.74) is 0. The maximum absolute atomic E-state index is 12.5. The molecule has 0 unspecified atom stereocenters. The molecule has 2 saturated heterocycles. The number of amides is 1. The summed E-state index contributed by atoms with van der Waals surface area (Å²) in [5.74, 6) is -0.0450. The zero-order valence-corrected chi connectivity index (χ0v) is 12.3. The molecule has 3 heterocycles. The van der Waals surface area contributed by atoms with Crippen LogP contribution in [0.5, 0.6) is 0 Å². The van der Waals surface area contributed by atoms with E-state index in [0.29, 0.717) is 23.8 Å². The van der Waals surface area contributed by atoms with E-state index in [-0.39, 0.29) is 17.7 Å². The predicted octanol–water partition coefficient (Wildman–Crippen LogP) is 0.677. The fraction of sp³-hybridized carbons (Fsp3) is 0.583. The molecule has 1 N–H and O–H groups in total. The first-order valence-corrected chi connectivity index (χ1v) is 8.64. The number of rotatable bonds is 3. The Kier molecular flexibility index (Phi) is 3.15. The molecule has 2 aliphatic heterocycles. The van der Waals surface area contributed by atoms with Gasteiger partial charge in [0.25, 0.3) is 10.0 Å². The molecule has 1 amide bonds. The highest BCUT2D eigenvalue weighted by Gasteiger charge is 2.46. The standard InChI is InChI=1S/C12H16N2O3S2/c1-2-9-3-4-11(18-9)19(16,17)14-6-8-5-13-12(15)10(8)7-14/h3-4,8,10H,2,5-7H2,1H3,(H,13,15)/t8-,10+/m0/s1. The zero-order chi connectivity index (χ0) is 13.6. The van der Waals surface area contributed by atoms with Gasteiger partial charge in [-0.15, -0.1) is 11.3 Å². The Morgan fingerprint density at radius 1 is 1.42 bits per heavy atom. The molecule has 1 aromatic heterocycles. The number of hydrogen-bond acceptors (Lipinski definition) is 4. The van der Waals surface area contributed by atoms with E-state index in [1.165, 1.54) is 15.6 Å². The Morgan fingerprint density at radius 3 is 2.84 bits per heavy atom. The highest BCUT2D eigenvalue weighted by molar-refractivity contribution is 7.91. The van der Waals surface area contributed by atoms with Crippen LogP contribution in [0.3, 0.4) is 0 Å². The molecule has 19 heavy (non-hydrogen) atoms. The molecule has 2 atom stereocenters. The van der Waals surface area contributed by atoms with Gasteiger partial charge >= 0.3 is 0 Å². The number of fused-ring (bicyclic) bond motifs is 1. The van der Waals surface area contributed by atoms with Gasteiger partial charge in [0.2, 0.25) is 5.91 Å². The zero-order valence-electron chi connectivity index (χ0n) is 10.6. The van der Waals surface area contributed by atoms with Crippen molar-refractivity contribution in [2.45, 2.75) is 17.6 Å². The smallest absolute Gasteiger partial charge is 0.252 e. The lowest BCUT2D eigenvalue weighted by molar-refractivity contribution is -0.122. The lowest BCUT2D eigenvalue weighted by Crippen LogP contribution is -2.33. The summed E-state index contributed by atoms with van der Waals surface area (Å²) in [6.07, 6.45) is 0.841. The van der Waals surface area contributed by atoms with E-state index in [0.717, 1.165) is 11.3 Å². The van der Waals surface area contributed by atoms with Gasteiger partial charge in [-0.25, -0.2) is 8.42 Å². The Morgan fingerprint density at radius 2 is 2.21 bits per heavy atom. The van der Waals surface area contributed by atoms with E-state index in [4.69, 9.17) is 0 Å². The fourth-order valence-corrected chi connectivity index (χ4v) is 5.68. The Balaban J connectivity index is 1.84. The first-order valence-electron chi connectivity index (χ1n) is 6.39. The van der Waals surface area contributed by atoms with Gasteiger partial charge in [0, 0.05) is 30.4 Å². The molecule has 0 radical (unpaired) electrons. The van der Waals surface area contributed by atoms with Crippen LogP contribution in [0.15, 0.2) is 16.3 Å². The normalized spacial score (nSPS) is 27.5. The first kappa shape index (κ1) is 13.1. The van der Waals surface area contributed by atoms with E-state index in [9.17, 15) is 13.2 Å². The molecule has 5 nitrogen and oxygen atoms in total. The molecular formula is C12H16N2O3S2. The number of nitrogens with one attached hydrogen (secondary N) is 1. The van der Waals surface area contributed by atoms with Crippen LogP contribution in [0.25, 0.3) is 0 Å². The lowest BCUT2D eigenvalue weighted by Gasteiger charge is -2.15. The topological polar surface area (TPSA) is 66.5 Å². The quantitative estimate of drug-likeness (QED) is 0.892. The number of aryl methyl sites for hydroxylation is 1. The highest BCUT2D eigenvalue weighted by Crippen LogP contribution is 2.33. The number of hydrogen-bond donors (Lipinski definition) is 1. The highest BCUT2D eigenvalue weighted by atomic mass is 32.2. The van der Waals surface area contributed by atoms with Crippen molar-refractivity contribution in [2.24, 2.45) is 11.8 Å². The van der Waals surface area contributed by atoms with Crippen molar-refractivity contribution in [3.05, 3.63) is 17.0 Å². The van der Waals surface area contributed by atoms with Gasteiger partial charge in [0.15, 0.2) is 0 Å². The third-order valence-electron chi connectivity index (χ3n) is 3.86. The van der Waals surface area contributed by atoms with Gasteiger partial charge in [-0.3, -0.25) is 4.79 Å². The summed E-state index contributed by atoms with van der Waals surface area (Å²) in [4.78, 5) is 12.7. The van der Waals surface area contributed by atoms with Crippen LogP contribution in [0.2, 0.25) is 0 Å². The molecule has 3 rings (SSSR count). The maximum atomic E-state index is 12.5. The summed E-state index contributed by atoms with van der Waals surface area (Å²) < 4.78 is 26.9. The third kappa shape index (κ3) is 2.09. The average Bonchev–Trinajstić information content (AvgIpc) is 3.06. The summed E-state index contributed by atoms with van der Waals surface area (Å²) in [7, 11) is -3.42. The summed E-state index contributed by atoms with van der Waals surface area (Å²) in [6.45, 7) is 3.37. The van der Waals surface area contributed by atoms with E-state index in [1.54, 1.807) is 6.07 Å². The minimum absolute atomic E-state index is 0.0110. The molecule has 2 aliphatic rings. The van der Waals surface area contributed by atoms with Crippen LogP contribution < -0.4 is 5.32 Å². The maximum Gasteiger partial charge on any atom is 0.252 e. The molecule has 104 valence electrons. The number of carbonyl (C=O) groups excluding carboxylic acids is 1. The predicted molar refractivity (Wildman–Crippen MR) is 72.4 cm³/mol. The van der Waals surface area contributed by atoms with E-state index < -0.39 is 10.0 Å². The van der Waals surface area contributed by atoms with Crippen LogP contribution in [0.1, 0.15) is 11.8 Å². The molecular weight excluding hydrogens is 284 g/mol. The molecule has 0 bridgehead atoms. The van der Waals surface area contributed by atoms with Gasteiger partial charge in [0.1, 0.15) is 4.21 Å². The molecule has 0 aromatic carbocycles. The summed E-state index contributed by atoms with van der Waals surface area (Å²) in [6, 6.07) is 3.54. The summed E-state index contributed by atoms with van der Waals surface area (Å²) >= 11 is 1.33. The van der Waals surface area contributed by atoms with Crippen LogP contribution in [0.4, 0.5) is 0 Å². The number of sulfonamides is 1. The fourth-order valence-electron chi connectivity index (χ4n) is 2.71. The van der Waals surface area contributed by atoms with E-state index in [1.807, 2.05) is 13.0 Å². The third-order valence-corrected chi connectivity index (χ3v) is 7.39. The Labute approximate surface area is 116 Å². The number of carbonyl (C=O) groups is 1.